The first-order chi connectivity index (χ1) is 9.08. The van der Waals surface area contributed by atoms with E-state index < -0.39 is 17.9 Å². The van der Waals surface area contributed by atoms with Crippen LogP contribution >= 0.6 is 11.6 Å². The Hall–Kier alpha value is -2.07. The number of rotatable bonds is 4. The van der Waals surface area contributed by atoms with Crippen LogP contribution in [0.15, 0.2) is 48.5 Å². The van der Waals surface area contributed by atoms with E-state index in [0.717, 1.165) is 6.07 Å². The third-order valence-corrected chi connectivity index (χ3v) is 2.76. The fourth-order valence-corrected chi connectivity index (χ4v) is 1.75. The minimum atomic E-state index is -1.16. The van der Waals surface area contributed by atoms with Gasteiger partial charge in [-0.2, -0.15) is 0 Å². The monoisotopic (exact) mass is 280 g/mol. The fraction of sp³-hybridized carbons (Fsp3) is 0.0714. The molecule has 2 rings (SSSR count). The van der Waals surface area contributed by atoms with Gasteiger partial charge in [-0.3, -0.25) is 0 Å². The van der Waals surface area contributed by atoms with Gasteiger partial charge in [0.2, 0.25) is 6.10 Å². The van der Waals surface area contributed by atoms with Gasteiger partial charge in [0.05, 0.1) is 5.02 Å². The van der Waals surface area contributed by atoms with Crippen molar-refractivity contribution >= 4 is 17.6 Å². The van der Waals surface area contributed by atoms with Crippen molar-refractivity contribution in [2.24, 2.45) is 0 Å². The van der Waals surface area contributed by atoms with E-state index in [9.17, 15) is 14.3 Å². The predicted molar refractivity (Wildman–Crippen MR) is 68.9 cm³/mol. The normalized spacial score (nSPS) is 11.9. The standard InChI is InChI=1S/C14H10ClFO3/c15-11-8-10(6-7-12(11)16)19-13(14(17)18)9-4-2-1-3-5-9/h1-8,13H,(H,17,18)/t13-/m1/s1. The third-order valence-electron chi connectivity index (χ3n) is 2.47. The molecule has 3 nitrogen and oxygen atoms in total. The molecule has 0 bridgehead atoms. The zero-order valence-electron chi connectivity index (χ0n) is 9.72. The summed E-state index contributed by atoms with van der Waals surface area (Å²) >= 11 is 5.62. The van der Waals surface area contributed by atoms with Gasteiger partial charge in [-0.15, -0.1) is 0 Å². The minimum Gasteiger partial charge on any atom is -0.478 e. The molecule has 19 heavy (non-hydrogen) atoms. The molecule has 0 radical (unpaired) electrons. The predicted octanol–water partition coefficient (Wildman–Crippen LogP) is 3.68. The Labute approximate surface area is 114 Å². The lowest BCUT2D eigenvalue weighted by Crippen LogP contribution is -2.18. The van der Waals surface area contributed by atoms with E-state index in [-0.39, 0.29) is 10.8 Å². The molecule has 0 aromatic heterocycles. The first-order valence-electron chi connectivity index (χ1n) is 5.47. The first-order valence-corrected chi connectivity index (χ1v) is 5.85. The van der Waals surface area contributed by atoms with Crippen LogP contribution in [0.25, 0.3) is 0 Å². The van der Waals surface area contributed by atoms with Crippen molar-refractivity contribution in [3.63, 3.8) is 0 Å². The van der Waals surface area contributed by atoms with Crippen LogP contribution in [0.1, 0.15) is 11.7 Å². The Morgan fingerprint density at radius 3 is 2.47 bits per heavy atom. The first kappa shape index (κ1) is 13.4. The lowest BCUT2D eigenvalue weighted by molar-refractivity contribution is -0.145. The number of carbonyl (C=O) groups is 1. The van der Waals surface area contributed by atoms with Crippen molar-refractivity contribution in [2.75, 3.05) is 0 Å². The second-order valence-corrected chi connectivity index (χ2v) is 4.23. The summed E-state index contributed by atoms with van der Waals surface area (Å²) in [5, 5.41) is 9.06. The fourth-order valence-electron chi connectivity index (χ4n) is 1.58. The number of carboxylic acids is 1. The molecule has 0 heterocycles. The van der Waals surface area contributed by atoms with Crippen LogP contribution in [0.4, 0.5) is 4.39 Å². The zero-order chi connectivity index (χ0) is 13.8. The lowest BCUT2D eigenvalue weighted by Gasteiger charge is -2.15. The van der Waals surface area contributed by atoms with Gasteiger partial charge in [-0.05, 0) is 12.1 Å². The maximum Gasteiger partial charge on any atom is 0.349 e. The van der Waals surface area contributed by atoms with E-state index in [0.29, 0.717) is 5.56 Å². The Balaban J connectivity index is 2.27. The molecule has 0 aliphatic heterocycles. The highest BCUT2D eigenvalue weighted by atomic mass is 35.5. The SMILES string of the molecule is O=C(O)[C@H](Oc1ccc(F)c(Cl)c1)c1ccccc1. The molecule has 5 heteroatoms. The van der Waals surface area contributed by atoms with Crippen molar-refractivity contribution in [2.45, 2.75) is 6.10 Å². The van der Waals surface area contributed by atoms with Gasteiger partial charge >= 0.3 is 5.97 Å². The Kier molecular flexibility index (Phi) is 4.02. The molecule has 1 N–H and O–H groups in total. The van der Waals surface area contributed by atoms with Crippen LogP contribution in [0, 0.1) is 5.82 Å². The van der Waals surface area contributed by atoms with Crippen molar-refractivity contribution in [3.05, 3.63) is 64.9 Å². The third kappa shape index (κ3) is 3.23. The smallest absolute Gasteiger partial charge is 0.349 e. The van der Waals surface area contributed by atoms with E-state index in [1.807, 2.05) is 0 Å². The van der Waals surface area contributed by atoms with Crippen molar-refractivity contribution in [1.82, 2.24) is 0 Å². The summed E-state index contributed by atoms with van der Waals surface area (Å²) in [6, 6.07) is 12.2. The molecule has 2 aromatic rings. The number of hydrogen-bond acceptors (Lipinski definition) is 2. The van der Waals surface area contributed by atoms with E-state index in [1.165, 1.54) is 12.1 Å². The molecule has 0 unspecified atom stereocenters. The van der Waals surface area contributed by atoms with E-state index in [4.69, 9.17) is 16.3 Å². The largest absolute Gasteiger partial charge is 0.478 e. The molecule has 98 valence electrons. The zero-order valence-corrected chi connectivity index (χ0v) is 10.5. The molecule has 0 amide bonds. The second-order valence-electron chi connectivity index (χ2n) is 3.82. The van der Waals surface area contributed by atoms with Crippen molar-refractivity contribution in [3.8, 4) is 5.75 Å². The number of hydrogen-bond donors (Lipinski definition) is 1. The van der Waals surface area contributed by atoms with Gasteiger partial charge in [-0.25, -0.2) is 9.18 Å². The molecule has 1 atom stereocenters. The van der Waals surface area contributed by atoms with Gasteiger partial charge in [0.1, 0.15) is 11.6 Å². The Morgan fingerprint density at radius 1 is 1.21 bits per heavy atom. The highest BCUT2D eigenvalue weighted by Gasteiger charge is 2.21. The molecule has 0 aliphatic carbocycles. The summed E-state index contributed by atoms with van der Waals surface area (Å²) in [6.07, 6.45) is -1.16. The quantitative estimate of drug-likeness (QED) is 0.929. The molecular weight excluding hydrogens is 271 g/mol. The summed E-state index contributed by atoms with van der Waals surface area (Å²) < 4.78 is 18.4. The lowest BCUT2D eigenvalue weighted by atomic mass is 10.1. The molecule has 0 saturated heterocycles. The van der Waals surface area contributed by atoms with Gasteiger partial charge in [0.15, 0.2) is 0 Å². The van der Waals surface area contributed by atoms with E-state index in [1.54, 1.807) is 30.3 Å². The summed E-state index contributed by atoms with van der Waals surface area (Å²) in [4.78, 5) is 11.2. The average Bonchev–Trinajstić information content (AvgIpc) is 2.40. The van der Waals surface area contributed by atoms with Gasteiger partial charge < -0.3 is 9.84 Å². The van der Waals surface area contributed by atoms with Gasteiger partial charge in [0, 0.05) is 11.6 Å². The molecule has 2 aromatic carbocycles. The number of aliphatic carboxylic acids is 1. The van der Waals surface area contributed by atoms with Crippen LogP contribution in [-0.4, -0.2) is 11.1 Å². The number of ether oxygens (including phenoxy) is 1. The Bertz CT molecular complexity index is 586. The second kappa shape index (κ2) is 5.71. The molecule has 0 fully saturated rings. The average molecular weight is 281 g/mol. The van der Waals surface area contributed by atoms with E-state index >= 15 is 0 Å². The number of benzene rings is 2. The highest BCUT2D eigenvalue weighted by Crippen LogP contribution is 2.26. The summed E-state index contributed by atoms with van der Waals surface area (Å²) in [6.45, 7) is 0. The highest BCUT2D eigenvalue weighted by molar-refractivity contribution is 6.30. The maximum absolute atomic E-state index is 13.0. The van der Waals surface area contributed by atoms with E-state index in [2.05, 4.69) is 0 Å². The molecule has 0 saturated carbocycles. The van der Waals surface area contributed by atoms with Crippen molar-refractivity contribution < 1.29 is 19.0 Å². The number of carboxylic acid groups (broad SMARTS) is 1. The summed E-state index contributed by atoms with van der Waals surface area (Å²) in [7, 11) is 0. The molecular formula is C14H10ClFO3. The van der Waals surface area contributed by atoms with Crippen LogP contribution in [0.3, 0.4) is 0 Å². The summed E-state index contributed by atoms with van der Waals surface area (Å²) in [5.41, 5.74) is 0.496. The van der Waals surface area contributed by atoms with Crippen LogP contribution < -0.4 is 4.74 Å². The molecule has 0 aliphatic rings. The molecule has 0 spiro atoms. The van der Waals surface area contributed by atoms with Crippen LogP contribution in [-0.2, 0) is 4.79 Å². The van der Waals surface area contributed by atoms with Gasteiger partial charge in [-0.1, -0.05) is 41.9 Å². The maximum atomic E-state index is 13.0. The van der Waals surface area contributed by atoms with Crippen LogP contribution in [0.5, 0.6) is 5.75 Å². The topological polar surface area (TPSA) is 46.5 Å². The van der Waals surface area contributed by atoms with Crippen LogP contribution in [0.2, 0.25) is 5.02 Å². The number of halogens is 2. The summed E-state index contributed by atoms with van der Waals surface area (Å²) in [5.74, 6) is -1.52. The van der Waals surface area contributed by atoms with Gasteiger partial charge in [0.25, 0.3) is 0 Å². The minimum absolute atomic E-state index is 0.116. The van der Waals surface area contributed by atoms with Crippen molar-refractivity contribution in [1.29, 1.82) is 0 Å². The Morgan fingerprint density at radius 2 is 1.89 bits per heavy atom.